The molecule has 1 unspecified atom stereocenters. The zero-order valence-corrected chi connectivity index (χ0v) is 12.2. The fourth-order valence-corrected chi connectivity index (χ4v) is 2.64. The van der Waals surface area contributed by atoms with E-state index in [0.29, 0.717) is 0 Å². The Morgan fingerprint density at radius 3 is 2.61 bits per heavy atom. The molecule has 0 fully saturated rings. The molecule has 5 nitrogen and oxygen atoms in total. The third-order valence-corrected chi connectivity index (χ3v) is 4.05. The number of hydrogen-bond donors (Lipinski definition) is 1. The van der Waals surface area contributed by atoms with Gasteiger partial charge in [-0.2, -0.15) is 0 Å². The van der Waals surface area contributed by atoms with Gasteiger partial charge in [-0.25, -0.2) is 4.98 Å². The highest BCUT2D eigenvalue weighted by atomic mass is 32.2. The highest BCUT2D eigenvalue weighted by Crippen LogP contribution is 2.23. The van der Waals surface area contributed by atoms with Gasteiger partial charge in [-0.1, -0.05) is 11.8 Å². The lowest BCUT2D eigenvalue weighted by Crippen LogP contribution is -2.36. The smallest absolute Gasteiger partial charge is 0.235 e. The van der Waals surface area contributed by atoms with E-state index in [4.69, 9.17) is 5.11 Å². The molecule has 0 saturated heterocycles. The molecule has 0 aliphatic carbocycles. The van der Waals surface area contributed by atoms with Crippen LogP contribution in [0.5, 0.6) is 0 Å². The summed E-state index contributed by atoms with van der Waals surface area (Å²) in [6.07, 6.45) is 1.64. The lowest BCUT2D eigenvalue weighted by molar-refractivity contribution is -0.129. The van der Waals surface area contributed by atoms with Crippen molar-refractivity contribution in [3.63, 3.8) is 0 Å². The third-order valence-electron chi connectivity index (χ3n) is 2.91. The first-order valence-corrected chi connectivity index (χ1v) is 6.99. The molecule has 0 spiro atoms. The number of rotatable bonds is 6. The molecule has 0 aromatic carbocycles. The number of aliphatic hydroxyl groups is 1. The summed E-state index contributed by atoms with van der Waals surface area (Å²) in [5, 5.41) is 9.68. The molecule has 1 aromatic heterocycles. The molecule has 0 saturated carbocycles. The Morgan fingerprint density at radius 1 is 1.56 bits per heavy atom. The average molecular weight is 271 g/mol. The minimum atomic E-state index is -0.169. The quantitative estimate of drug-likeness (QED) is 0.791. The number of imidazole rings is 1. The van der Waals surface area contributed by atoms with Crippen molar-refractivity contribution in [2.24, 2.45) is 7.05 Å². The maximum Gasteiger partial charge on any atom is 0.235 e. The summed E-state index contributed by atoms with van der Waals surface area (Å²) in [5.41, 5.74) is 0.750. The van der Waals surface area contributed by atoms with Gasteiger partial charge in [-0.05, 0) is 20.8 Å². The number of aliphatic hydroxyl groups excluding tert-OH is 1. The molecule has 1 heterocycles. The van der Waals surface area contributed by atoms with Crippen LogP contribution in [0.15, 0.2) is 11.4 Å². The Kier molecular flexibility index (Phi) is 5.68. The zero-order valence-electron chi connectivity index (χ0n) is 11.4. The van der Waals surface area contributed by atoms with Crippen molar-refractivity contribution in [2.75, 3.05) is 13.1 Å². The van der Waals surface area contributed by atoms with Gasteiger partial charge in [0.05, 0.1) is 23.7 Å². The van der Waals surface area contributed by atoms with Crippen molar-refractivity contribution in [1.82, 2.24) is 14.5 Å². The van der Waals surface area contributed by atoms with Crippen LogP contribution in [-0.4, -0.2) is 43.8 Å². The predicted molar refractivity (Wildman–Crippen MR) is 72.4 cm³/mol. The number of hydrogen-bond acceptors (Lipinski definition) is 4. The Hall–Kier alpha value is -1.01. The van der Waals surface area contributed by atoms with Crippen LogP contribution in [0.4, 0.5) is 0 Å². The minimum Gasteiger partial charge on any atom is -0.390 e. The standard InChI is InChI=1S/C12H21N3O2S/c1-5-15(6-2)11(17)9(3)18-12-13-7-10(8-16)14(12)4/h7,9,16H,5-6,8H2,1-4H3. The van der Waals surface area contributed by atoms with Gasteiger partial charge in [0.1, 0.15) is 0 Å². The highest BCUT2D eigenvalue weighted by molar-refractivity contribution is 8.00. The Morgan fingerprint density at radius 2 is 2.17 bits per heavy atom. The van der Waals surface area contributed by atoms with Crippen LogP contribution >= 0.6 is 11.8 Å². The zero-order chi connectivity index (χ0) is 13.7. The summed E-state index contributed by atoms with van der Waals surface area (Å²) < 4.78 is 1.82. The van der Waals surface area contributed by atoms with E-state index in [9.17, 15) is 4.79 Å². The van der Waals surface area contributed by atoms with Crippen LogP contribution in [0.25, 0.3) is 0 Å². The summed E-state index contributed by atoms with van der Waals surface area (Å²) in [4.78, 5) is 18.1. The number of nitrogens with zero attached hydrogens (tertiary/aromatic N) is 3. The van der Waals surface area contributed by atoms with E-state index < -0.39 is 0 Å². The molecule has 0 radical (unpaired) electrons. The van der Waals surface area contributed by atoms with Crippen molar-refractivity contribution in [2.45, 2.75) is 37.8 Å². The van der Waals surface area contributed by atoms with Gasteiger partial charge >= 0.3 is 0 Å². The van der Waals surface area contributed by atoms with E-state index in [0.717, 1.165) is 23.9 Å². The van der Waals surface area contributed by atoms with Gasteiger partial charge in [0.25, 0.3) is 0 Å². The Bertz CT molecular complexity index is 402. The predicted octanol–water partition coefficient (Wildman–Crippen LogP) is 1.26. The molecule has 1 amide bonds. The molecular weight excluding hydrogens is 250 g/mol. The first kappa shape index (κ1) is 15.0. The number of thioether (sulfide) groups is 1. The topological polar surface area (TPSA) is 58.4 Å². The molecule has 1 rings (SSSR count). The summed E-state index contributed by atoms with van der Waals surface area (Å²) in [6.45, 7) is 7.25. The third kappa shape index (κ3) is 3.26. The number of aromatic nitrogens is 2. The maximum absolute atomic E-state index is 12.1. The average Bonchev–Trinajstić information content (AvgIpc) is 2.71. The van der Waals surface area contributed by atoms with Gasteiger partial charge in [-0.3, -0.25) is 4.79 Å². The first-order chi connectivity index (χ1) is 8.54. The molecule has 0 aliphatic heterocycles. The summed E-state index contributed by atoms with van der Waals surface area (Å²) >= 11 is 1.42. The largest absolute Gasteiger partial charge is 0.390 e. The van der Waals surface area contributed by atoms with Crippen molar-refractivity contribution >= 4 is 17.7 Å². The fourth-order valence-electron chi connectivity index (χ4n) is 1.68. The van der Waals surface area contributed by atoms with Crippen LogP contribution in [-0.2, 0) is 18.4 Å². The maximum atomic E-state index is 12.1. The molecule has 0 bridgehead atoms. The van der Waals surface area contributed by atoms with Crippen LogP contribution in [0.1, 0.15) is 26.5 Å². The van der Waals surface area contributed by atoms with Crippen LogP contribution in [0.3, 0.4) is 0 Å². The normalized spacial score (nSPS) is 12.5. The molecule has 1 N–H and O–H groups in total. The summed E-state index contributed by atoms with van der Waals surface area (Å²) in [7, 11) is 1.84. The van der Waals surface area contributed by atoms with E-state index in [1.54, 1.807) is 6.20 Å². The summed E-state index contributed by atoms with van der Waals surface area (Å²) in [5.74, 6) is 0.124. The van der Waals surface area contributed by atoms with Crippen LogP contribution in [0, 0.1) is 0 Å². The molecule has 102 valence electrons. The first-order valence-electron chi connectivity index (χ1n) is 6.11. The Balaban J connectivity index is 2.72. The molecular formula is C12H21N3O2S. The second-order valence-corrected chi connectivity index (χ2v) is 5.33. The van der Waals surface area contributed by atoms with Gasteiger partial charge in [0.2, 0.25) is 5.91 Å². The summed E-state index contributed by atoms with van der Waals surface area (Å²) in [6, 6.07) is 0. The lowest BCUT2D eigenvalue weighted by Gasteiger charge is -2.22. The highest BCUT2D eigenvalue weighted by Gasteiger charge is 2.21. The van der Waals surface area contributed by atoms with Crippen LogP contribution in [0.2, 0.25) is 0 Å². The fraction of sp³-hybridized carbons (Fsp3) is 0.667. The number of carbonyl (C=O) groups excluding carboxylic acids is 1. The van der Waals surface area contributed by atoms with E-state index >= 15 is 0 Å². The van der Waals surface area contributed by atoms with Crippen molar-refractivity contribution in [3.05, 3.63) is 11.9 Å². The van der Waals surface area contributed by atoms with Crippen molar-refractivity contribution in [1.29, 1.82) is 0 Å². The molecule has 1 atom stereocenters. The SMILES string of the molecule is CCN(CC)C(=O)C(C)Sc1ncc(CO)n1C. The van der Waals surface area contributed by atoms with Gasteiger partial charge in [0.15, 0.2) is 5.16 Å². The van der Waals surface area contributed by atoms with Gasteiger partial charge in [0, 0.05) is 20.1 Å². The second kappa shape index (κ2) is 6.80. The van der Waals surface area contributed by atoms with E-state index in [-0.39, 0.29) is 17.8 Å². The van der Waals surface area contributed by atoms with Crippen molar-refractivity contribution < 1.29 is 9.90 Å². The van der Waals surface area contributed by atoms with Crippen LogP contribution < -0.4 is 0 Å². The lowest BCUT2D eigenvalue weighted by atomic mass is 10.4. The van der Waals surface area contributed by atoms with E-state index in [1.807, 2.05) is 37.3 Å². The van der Waals surface area contributed by atoms with Gasteiger partial charge < -0.3 is 14.6 Å². The minimum absolute atomic E-state index is 0.0393. The molecule has 18 heavy (non-hydrogen) atoms. The Labute approximate surface area is 112 Å². The molecule has 1 aromatic rings. The number of amides is 1. The van der Waals surface area contributed by atoms with E-state index in [1.165, 1.54) is 11.8 Å². The monoisotopic (exact) mass is 271 g/mol. The second-order valence-electron chi connectivity index (χ2n) is 4.02. The van der Waals surface area contributed by atoms with Crippen molar-refractivity contribution in [3.8, 4) is 0 Å². The van der Waals surface area contributed by atoms with E-state index in [2.05, 4.69) is 4.98 Å². The molecule has 0 aliphatic rings. The van der Waals surface area contributed by atoms with Gasteiger partial charge in [-0.15, -0.1) is 0 Å². The number of carbonyl (C=O) groups is 1. The molecule has 6 heteroatoms.